The molecule has 1 aromatic carbocycles. The Hall–Kier alpha value is -1.30. The summed E-state index contributed by atoms with van der Waals surface area (Å²) < 4.78 is 11.0. The number of esters is 1. The molecule has 0 aliphatic heterocycles. The van der Waals surface area contributed by atoms with E-state index in [1.807, 2.05) is 42.3 Å². The number of methoxy groups -OCH3 is 1. The quantitative estimate of drug-likeness (QED) is 0.743. The number of rotatable bonds is 5. The number of likely N-dealkylation sites (N-methyl/N-ethyl adjacent to an activating group) is 1. The zero-order chi connectivity index (χ0) is 15.4. The molecule has 0 saturated heterocycles. The predicted molar refractivity (Wildman–Crippen MR) is 84.1 cm³/mol. The van der Waals surface area contributed by atoms with Crippen LogP contribution in [-0.2, 0) is 16.1 Å². The van der Waals surface area contributed by atoms with E-state index in [2.05, 4.69) is 15.9 Å². The van der Waals surface area contributed by atoms with Crippen LogP contribution in [0.5, 0.6) is 0 Å². The summed E-state index contributed by atoms with van der Waals surface area (Å²) in [4.78, 5) is 14.0. The second kappa shape index (κ2) is 7.11. The van der Waals surface area contributed by atoms with Crippen molar-refractivity contribution in [1.29, 1.82) is 0 Å². The van der Waals surface area contributed by atoms with E-state index in [0.29, 0.717) is 21.8 Å². The van der Waals surface area contributed by atoms with Crippen LogP contribution in [-0.4, -0.2) is 25.0 Å². The van der Waals surface area contributed by atoms with Gasteiger partial charge in [0.2, 0.25) is 0 Å². The van der Waals surface area contributed by atoms with Crippen LogP contribution < -0.4 is 0 Å². The van der Waals surface area contributed by atoms with E-state index in [4.69, 9.17) is 20.8 Å². The van der Waals surface area contributed by atoms with Crippen molar-refractivity contribution in [3.8, 4) is 0 Å². The zero-order valence-electron chi connectivity index (χ0n) is 11.7. The lowest BCUT2D eigenvalue weighted by molar-refractivity contribution is -0.147. The average molecular weight is 373 g/mol. The molecule has 0 bridgehead atoms. The maximum atomic E-state index is 12.1. The van der Waals surface area contributed by atoms with Gasteiger partial charge in [-0.25, -0.2) is 4.79 Å². The molecule has 2 aromatic rings. The van der Waals surface area contributed by atoms with Crippen molar-refractivity contribution in [2.45, 2.75) is 12.6 Å². The smallest absolute Gasteiger partial charge is 0.327 e. The number of carbonyl (C=O) groups is 1. The molecule has 0 saturated carbocycles. The normalized spacial score (nSPS) is 12.4. The van der Waals surface area contributed by atoms with Gasteiger partial charge in [-0.05, 0) is 46.7 Å². The Labute approximate surface area is 136 Å². The highest BCUT2D eigenvalue weighted by Crippen LogP contribution is 2.29. The van der Waals surface area contributed by atoms with Crippen molar-refractivity contribution in [3.05, 3.63) is 57.4 Å². The molecule has 112 valence electrons. The maximum Gasteiger partial charge on any atom is 0.327 e. The molecule has 1 atom stereocenters. The first kappa shape index (κ1) is 16.1. The standard InChI is InChI=1S/C15H15BrClNO3/c1-18(9-10-7-8-13(16)21-10)14(15(19)20-2)11-5-3-4-6-12(11)17/h3-8,14H,9H2,1-2H3. The molecular weight excluding hydrogens is 358 g/mol. The molecule has 0 aliphatic carbocycles. The van der Waals surface area contributed by atoms with Gasteiger partial charge in [0.25, 0.3) is 0 Å². The van der Waals surface area contributed by atoms with Gasteiger partial charge in [0, 0.05) is 5.02 Å². The summed E-state index contributed by atoms with van der Waals surface area (Å²) in [5.41, 5.74) is 0.708. The summed E-state index contributed by atoms with van der Waals surface area (Å²) in [6, 6.07) is 10.3. The molecule has 1 heterocycles. The number of furan rings is 1. The van der Waals surface area contributed by atoms with E-state index < -0.39 is 6.04 Å². The minimum Gasteiger partial charge on any atom is -0.468 e. The summed E-state index contributed by atoms with van der Waals surface area (Å²) in [6.07, 6.45) is 0. The molecule has 1 unspecified atom stereocenters. The lowest BCUT2D eigenvalue weighted by atomic mass is 10.1. The number of nitrogens with zero attached hydrogens (tertiary/aromatic N) is 1. The second-order valence-electron chi connectivity index (χ2n) is 4.57. The Morgan fingerprint density at radius 3 is 2.67 bits per heavy atom. The van der Waals surface area contributed by atoms with Gasteiger partial charge in [-0.1, -0.05) is 29.8 Å². The van der Waals surface area contributed by atoms with Gasteiger partial charge >= 0.3 is 5.97 Å². The summed E-state index contributed by atoms with van der Waals surface area (Å²) in [5.74, 6) is 0.376. The van der Waals surface area contributed by atoms with Crippen molar-refractivity contribution in [2.75, 3.05) is 14.2 Å². The molecule has 1 aromatic heterocycles. The largest absolute Gasteiger partial charge is 0.468 e. The molecule has 6 heteroatoms. The van der Waals surface area contributed by atoms with Crippen molar-refractivity contribution < 1.29 is 13.9 Å². The Kier molecular flexibility index (Phi) is 5.45. The van der Waals surface area contributed by atoms with E-state index in [1.165, 1.54) is 7.11 Å². The fraction of sp³-hybridized carbons (Fsp3) is 0.267. The highest BCUT2D eigenvalue weighted by atomic mass is 79.9. The van der Waals surface area contributed by atoms with E-state index in [0.717, 1.165) is 5.76 Å². The number of halogens is 2. The number of hydrogen-bond acceptors (Lipinski definition) is 4. The molecule has 2 rings (SSSR count). The lowest BCUT2D eigenvalue weighted by Gasteiger charge is -2.26. The van der Waals surface area contributed by atoms with E-state index in [1.54, 1.807) is 6.07 Å². The van der Waals surface area contributed by atoms with Gasteiger partial charge in [0.05, 0.1) is 13.7 Å². The summed E-state index contributed by atoms with van der Waals surface area (Å²) in [5, 5.41) is 0.528. The first-order valence-electron chi connectivity index (χ1n) is 6.29. The van der Waals surface area contributed by atoms with Crippen LogP contribution in [0.15, 0.2) is 45.5 Å². The summed E-state index contributed by atoms with van der Waals surface area (Å²) in [6.45, 7) is 0.455. The first-order chi connectivity index (χ1) is 10.0. The van der Waals surface area contributed by atoms with Gasteiger partial charge < -0.3 is 9.15 Å². The van der Waals surface area contributed by atoms with Gasteiger partial charge in [-0.3, -0.25) is 4.90 Å². The summed E-state index contributed by atoms with van der Waals surface area (Å²) in [7, 11) is 3.19. The van der Waals surface area contributed by atoms with Gasteiger partial charge in [-0.2, -0.15) is 0 Å². The zero-order valence-corrected chi connectivity index (χ0v) is 14.0. The molecule has 0 N–H and O–H groups in total. The van der Waals surface area contributed by atoms with Crippen molar-refractivity contribution in [3.63, 3.8) is 0 Å². The molecule has 4 nitrogen and oxygen atoms in total. The van der Waals surface area contributed by atoms with Gasteiger partial charge in [-0.15, -0.1) is 0 Å². The van der Waals surface area contributed by atoms with Crippen molar-refractivity contribution >= 4 is 33.5 Å². The van der Waals surface area contributed by atoms with E-state index in [-0.39, 0.29) is 5.97 Å². The number of hydrogen-bond donors (Lipinski definition) is 0. The second-order valence-corrected chi connectivity index (χ2v) is 5.76. The van der Waals surface area contributed by atoms with Crippen LogP contribution in [0.25, 0.3) is 0 Å². The third kappa shape index (κ3) is 3.87. The molecular formula is C15H15BrClNO3. The molecule has 0 aliphatic rings. The monoisotopic (exact) mass is 371 g/mol. The van der Waals surface area contributed by atoms with Crippen LogP contribution in [0.2, 0.25) is 5.02 Å². The molecule has 0 spiro atoms. The average Bonchev–Trinajstić information content (AvgIpc) is 2.86. The van der Waals surface area contributed by atoms with Gasteiger partial charge in [0.15, 0.2) is 4.67 Å². The Morgan fingerprint density at radius 2 is 2.10 bits per heavy atom. The fourth-order valence-corrected chi connectivity index (χ4v) is 2.71. The Bertz CT molecular complexity index is 629. The Morgan fingerprint density at radius 1 is 1.38 bits per heavy atom. The van der Waals surface area contributed by atoms with Crippen LogP contribution in [0.4, 0.5) is 0 Å². The highest BCUT2D eigenvalue weighted by Gasteiger charge is 2.28. The molecule has 21 heavy (non-hydrogen) atoms. The van der Waals surface area contributed by atoms with E-state index >= 15 is 0 Å². The van der Waals surface area contributed by atoms with Crippen LogP contribution in [0.3, 0.4) is 0 Å². The maximum absolute atomic E-state index is 12.1. The fourth-order valence-electron chi connectivity index (χ4n) is 2.13. The first-order valence-corrected chi connectivity index (χ1v) is 7.46. The third-order valence-corrected chi connectivity index (χ3v) is 3.87. The third-order valence-electron chi connectivity index (χ3n) is 3.10. The SMILES string of the molecule is COC(=O)C(c1ccccc1Cl)N(C)Cc1ccc(Br)o1. The van der Waals surface area contributed by atoms with Crippen LogP contribution >= 0.6 is 27.5 Å². The molecule has 0 amide bonds. The summed E-state index contributed by atoms with van der Waals surface area (Å²) >= 11 is 9.47. The van der Waals surface area contributed by atoms with Crippen molar-refractivity contribution in [1.82, 2.24) is 4.90 Å². The molecule has 0 fully saturated rings. The minimum absolute atomic E-state index is 0.365. The topological polar surface area (TPSA) is 42.7 Å². The predicted octanol–water partition coefficient (Wildman–Crippen LogP) is 4.04. The van der Waals surface area contributed by atoms with Gasteiger partial charge in [0.1, 0.15) is 11.8 Å². The highest BCUT2D eigenvalue weighted by molar-refractivity contribution is 9.10. The van der Waals surface area contributed by atoms with Crippen molar-refractivity contribution in [2.24, 2.45) is 0 Å². The van der Waals surface area contributed by atoms with Crippen LogP contribution in [0.1, 0.15) is 17.4 Å². The van der Waals surface area contributed by atoms with E-state index in [9.17, 15) is 4.79 Å². The number of benzene rings is 1. The number of carbonyl (C=O) groups excluding carboxylic acids is 1. The minimum atomic E-state index is -0.590. The van der Waals surface area contributed by atoms with Crippen LogP contribution in [0, 0.1) is 0 Å². The molecule has 0 radical (unpaired) electrons. The lowest BCUT2D eigenvalue weighted by Crippen LogP contribution is -2.31. The Balaban J connectivity index is 2.28. The number of ether oxygens (including phenoxy) is 1.